The number of amides is 1. The first-order valence-electron chi connectivity index (χ1n) is 7.39. The maximum atomic E-state index is 12.9. The average molecular weight is 310 g/mol. The molecule has 0 unspecified atom stereocenters. The van der Waals surface area contributed by atoms with Crippen molar-refractivity contribution in [2.24, 2.45) is 5.41 Å². The topological polar surface area (TPSA) is 49.8 Å². The van der Waals surface area contributed by atoms with E-state index in [0.29, 0.717) is 30.2 Å². The van der Waals surface area contributed by atoms with Gasteiger partial charge in [-0.25, -0.2) is 0 Å². The van der Waals surface area contributed by atoms with E-state index in [1.54, 1.807) is 24.1 Å². The van der Waals surface area contributed by atoms with Crippen LogP contribution in [0.15, 0.2) is 18.2 Å². The summed E-state index contributed by atoms with van der Waals surface area (Å²) < 4.78 is 5.23. The van der Waals surface area contributed by atoms with Crippen LogP contribution in [0.25, 0.3) is 0 Å². The van der Waals surface area contributed by atoms with Crippen molar-refractivity contribution in [3.8, 4) is 5.75 Å². The standard InChI is InChI=1S/C16H20ClNO3/c1-21-12-2-3-13(17)14(10-12)18-9-8-16(15(18)20)6-4-11(19)5-7-16/h2-3,10-11,19H,4-9H2,1H3. The SMILES string of the molecule is COc1ccc(Cl)c(N2CCC3(CCC(O)CC3)C2=O)c1. The van der Waals surface area contributed by atoms with Gasteiger partial charge in [0.1, 0.15) is 5.75 Å². The Bertz CT molecular complexity index is 552. The number of carbonyl (C=O) groups excluding carboxylic acids is 1. The molecule has 21 heavy (non-hydrogen) atoms. The number of methoxy groups -OCH3 is 1. The van der Waals surface area contributed by atoms with E-state index in [-0.39, 0.29) is 17.4 Å². The Morgan fingerprint density at radius 3 is 2.71 bits per heavy atom. The van der Waals surface area contributed by atoms with Crippen LogP contribution >= 0.6 is 11.6 Å². The van der Waals surface area contributed by atoms with Crippen LogP contribution in [0.5, 0.6) is 5.75 Å². The predicted molar refractivity (Wildman–Crippen MR) is 81.9 cm³/mol. The number of rotatable bonds is 2. The largest absolute Gasteiger partial charge is 0.497 e. The zero-order valence-electron chi connectivity index (χ0n) is 12.1. The molecule has 1 aromatic carbocycles. The minimum absolute atomic E-state index is 0.143. The van der Waals surface area contributed by atoms with Crippen molar-refractivity contribution < 1.29 is 14.6 Å². The zero-order chi connectivity index (χ0) is 15.0. The van der Waals surface area contributed by atoms with Gasteiger partial charge in [-0.15, -0.1) is 0 Å². The Morgan fingerprint density at radius 2 is 2.05 bits per heavy atom. The number of carbonyl (C=O) groups is 1. The molecular formula is C16H20ClNO3. The lowest BCUT2D eigenvalue weighted by atomic mass is 9.72. The van der Waals surface area contributed by atoms with Crippen molar-refractivity contribution in [3.05, 3.63) is 23.2 Å². The summed E-state index contributed by atoms with van der Waals surface area (Å²) in [6, 6.07) is 5.37. The van der Waals surface area contributed by atoms with Crippen LogP contribution in [0.3, 0.4) is 0 Å². The predicted octanol–water partition coefficient (Wildman–Crippen LogP) is 3.01. The molecule has 1 heterocycles. The molecule has 1 spiro atoms. The lowest BCUT2D eigenvalue weighted by molar-refractivity contribution is -0.128. The van der Waals surface area contributed by atoms with E-state index in [1.165, 1.54) is 0 Å². The van der Waals surface area contributed by atoms with Crippen molar-refractivity contribution in [1.29, 1.82) is 0 Å². The minimum Gasteiger partial charge on any atom is -0.497 e. The van der Waals surface area contributed by atoms with Gasteiger partial charge in [-0.2, -0.15) is 0 Å². The van der Waals surface area contributed by atoms with Crippen LogP contribution < -0.4 is 9.64 Å². The molecule has 1 saturated heterocycles. The van der Waals surface area contributed by atoms with E-state index in [9.17, 15) is 9.90 Å². The molecule has 4 nitrogen and oxygen atoms in total. The van der Waals surface area contributed by atoms with Crippen molar-refractivity contribution in [1.82, 2.24) is 0 Å². The molecule has 3 rings (SSSR count). The van der Waals surface area contributed by atoms with E-state index < -0.39 is 0 Å². The number of anilines is 1. The Morgan fingerprint density at radius 1 is 1.33 bits per heavy atom. The number of aliphatic hydroxyl groups excluding tert-OH is 1. The second kappa shape index (κ2) is 5.50. The van der Waals surface area contributed by atoms with E-state index in [4.69, 9.17) is 16.3 Å². The monoisotopic (exact) mass is 309 g/mol. The molecule has 1 aromatic rings. The van der Waals surface area contributed by atoms with Gasteiger partial charge >= 0.3 is 0 Å². The molecular weight excluding hydrogens is 290 g/mol. The Labute approximate surface area is 129 Å². The van der Waals surface area contributed by atoms with Crippen molar-refractivity contribution in [2.75, 3.05) is 18.6 Å². The number of aliphatic hydroxyl groups is 1. The summed E-state index contributed by atoms with van der Waals surface area (Å²) in [5, 5.41) is 10.2. The molecule has 0 atom stereocenters. The summed E-state index contributed by atoms with van der Waals surface area (Å²) in [4.78, 5) is 14.7. The molecule has 1 aliphatic carbocycles. The van der Waals surface area contributed by atoms with Crippen LogP contribution in [0.1, 0.15) is 32.1 Å². The van der Waals surface area contributed by atoms with E-state index >= 15 is 0 Å². The zero-order valence-corrected chi connectivity index (χ0v) is 12.9. The summed E-state index contributed by atoms with van der Waals surface area (Å²) in [5.74, 6) is 0.840. The molecule has 0 bridgehead atoms. The van der Waals surface area contributed by atoms with Gasteiger partial charge in [0.2, 0.25) is 5.91 Å². The van der Waals surface area contributed by atoms with Gasteiger partial charge in [0.05, 0.1) is 29.3 Å². The first-order valence-corrected chi connectivity index (χ1v) is 7.77. The highest BCUT2D eigenvalue weighted by atomic mass is 35.5. The molecule has 1 aliphatic heterocycles. The highest BCUT2D eigenvalue weighted by Gasteiger charge is 2.48. The minimum atomic E-state index is -0.300. The molecule has 0 radical (unpaired) electrons. The third-order valence-corrected chi connectivity index (χ3v) is 5.19. The second-order valence-corrected chi connectivity index (χ2v) is 6.44. The Balaban J connectivity index is 1.87. The van der Waals surface area contributed by atoms with Crippen LogP contribution in [0, 0.1) is 5.41 Å². The van der Waals surface area contributed by atoms with E-state index in [2.05, 4.69) is 0 Å². The number of benzene rings is 1. The number of halogens is 1. The molecule has 1 amide bonds. The third-order valence-electron chi connectivity index (χ3n) is 4.87. The average Bonchev–Trinajstić information content (AvgIpc) is 2.80. The smallest absolute Gasteiger partial charge is 0.233 e. The molecule has 1 N–H and O–H groups in total. The van der Waals surface area contributed by atoms with Crippen molar-refractivity contribution >= 4 is 23.2 Å². The maximum absolute atomic E-state index is 12.9. The Hall–Kier alpha value is -1.26. The molecule has 2 fully saturated rings. The molecule has 5 heteroatoms. The van der Waals surface area contributed by atoms with Crippen LogP contribution in [0.4, 0.5) is 5.69 Å². The van der Waals surface area contributed by atoms with E-state index in [1.807, 2.05) is 6.07 Å². The first-order chi connectivity index (χ1) is 10.1. The van der Waals surface area contributed by atoms with Gasteiger partial charge in [-0.05, 0) is 44.2 Å². The molecule has 114 valence electrons. The summed E-state index contributed by atoms with van der Waals surface area (Å²) in [5.41, 5.74) is 0.426. The number of ether oxygens (including phenoxy) is 1. The molecule has 1 saturated carbocycles. The summed E-state index contributed by atoms with van der Waals surface area (Å²) >= 11 is 6.26. The van der Waals surface area contributed by atoms with Gasteiger partial charge < -0.3 is 14.7 Å². The number of hydrogen-bond acceptors (Lipinski definition) is 3. The summed E-state index contributed by atoms with van der Waals surface area (Å²) in [6.07, 6.45) is 3.55. The van der Waals surface area contributed by atoms with Gasteiger partial charge in [0.25, 0.3) is 0 Å². The molecule has 2 aliphatic rings. The fraction of sp³-hybridized carbons (Fsp3) is 0.562. The lowest BCUT2D eigenvalue weighted by Crippen LogP contribution is -2.38. The third kappa shape index (κ3) is 2.51. The van der Waals surface area contributed by atoms with Crippen LogP contribution in [0.2, 0.25) is 5.02 Å². The van der Waals surface area contributed by atoms with Crippen LogP contribution in [-0.2, 0) is 4.79 Å². The van der Waals surface area contributed by atoms with Gasteiger partial charge in [0.15, 0.2) is 0 Å². The highest BCUT2D eigenvalue weighted by molar-refractivity contribution is 6.34. The molecule has 0 aromatic heterocycles. The quantitative estimate of drug-likeness (QED) is 0.913. The number of nitrogens with zero attached hydrogens (tertiary/aromatic N) is 1. The Kier molecular flexibility index (Phi) is 3.84. The lowest BCUT2D eigenvalue weighted by Gasteiger charge is -2.34. The fourth-order valence-corrected chi connectivity index (χ4v) is 3.72. The fourth-order valence-electron chi connectivity index (χ4n) is 3.50. The van der Waals surface area contributed by atoms with Crippen LogP contribution in [-0.4, -0.2) is 30.8 Å². The maximum Gasteiger partial charge on any atom is 0.233 e. The van der Waals surface area contributed by atoms with Gasteiger partial charge in [-0.1, -0.05) is 11.6 Å². The van der Waals surface area contributed by atoms with Gasteiger partial charge in [0, 0.05) is 12.6 Å². The second-order valence-electron chi connectivity index (χ2n) is 6.04. The van der Waals surface area contributed by atoms with Crippen molar-refractivity contribution in [3.63, 3.8) is 0 Å². The highest BCUT2D eigenvalue weighted by Crippen LogP contribution is 2.47. The van der Waals surface area contributed by atoms with Crippen molar-refractivity contribution in [2.45, 2.75) is 38.2 Å². The summed E-state index contributed by atoms with van der Waals surface area (Å²) in [6.45, 7) is 0.682. The first kappa shape index (κ1) is 14.7. The normalized spacial score (nSPS) is 29.2. The summed E-state index contributed by atoms with van der Waals surface area (Å²) in [7, 11) is 1.60. The van der Waals surface area contributed by atoms with Gasteiger partial charge in [-0.3, -0.25) is 4.79 Å². The van der Waals surface area contributed by atoms with E-state index in [0.717, 1.165) is 24.9 Å². The number of hydrogen-bond donors (Lipinski definition) is 1.